The summed E-state index contributed by atoms with van der Waals surface area (Å²) in [7, 11) is 0. The van der Waals surface area contributed by atoms with Crippen LogP contribution in [0.5, 0.6) is 0 Å². The average molecular weight is 184 g/mol. The molecule has 0 amide bonds. The molecule has 0 radical (unpaired) electrons. The first-order valence-electron chi connectivity index (χ1n) is 5.45. The van der Waals surface area contributed by atoms with Gasteiger partial charge >= 0.3 is 0 Å². The van der Waals surface area contributed by atoms with Crippen molar-refractivity contribution in [2.75, 3.05) is 0 Å². The third-order valence-corrected chi connectivity index (χ3v) is 3.04. The summed E-state index contributed by atoms with van der Waals surface area (Å²) in [6.45, 7) is 4.43. The molecular formula is C12H21F. The van der Waals surface area contributed by atoms with Gasteiger partial charge in [0, 0.05) is 0 Å². The molecule has 0 saturated heterocycles. The maximum absolute atomic E-state index is 13.4. The largest absolute Gasteiger partial charge is 0.247 e. The molecule has 0 fully saturated rings. The maximum Gasteiger partial charge on any atom is 0.104 e. The van der Waals surface area contributed by atoms with E-state index in [0.29, 0.717) is 6.42 Å². The van der Waals surface area contributed by atoms with Crippen LogP contribution >= 0.6 is 0 Å². The molecule has 0 spiro atoms. The van der Waals surface area contributed by atoms with Gasteiger partial charge in [0.05, 0.1) is 0 Å². The number of hydrogen-bond acceptors (Lipinski definition) is 0. The van der Waals surface area contributed by atoms with Gasteiger partial charge in [-0.15, -0.1) is 0 Å². The Hall–Kier alpha value is -0.330. The third kappa shape index (κ3) is 3.50. The van der Waals surface area contributed by atoms with Crippen molar-refractivity contribution in [1.29, 1.82) is 0 Å². The summed E-state index contributed by atoms with van der Waals surface area (Å²) in [5.74, 6) is 0. The van der Waals surface area contributed by atoms with Crippen molar-refractivity contribution in [3.63, 3.8) is 0 Å². The normalized spacial score (nSPS) is 37.9. The zero-order chi connectivity index (χ0) is 9.73. The Balaban J connectivity index is 2.57. The lowest BCUT2D eigenvalue weighted by Crippen LogP contribution is -2.22. The summed E-state index contributed by atoms with van der Waals surface area (Å²) in [5.41, 5.74) is 0.249. The van der Waals surface area contributed by atoms with Gasteiger partial charge in [-0.2, -0.15) is 0 Å². The molecule has 1 heteroatoms. The van der Waals surface area contributed by atoms with Crippen LogP contribution in [0.15, 0.2) is 12.2 Å². The summed E-state index contributed by atoms with van der Waals surface area (Å²) >= 11 is 0. The molecule has 1 aliphatic rings. The Morgan fingerprint density at radius 1 is 1.46 bits per heavy atom. The molecule has 0 aromatic carbocycles. The van der Waals surface area contributed by atoms with Crippen molar-refractivity contribution in [2.45, 2.75) is 58.5 Å². The number of hydrogen-bond donors (Lipinski definition) is 0. The molecule has 1 aliphatic carbocycles. The summed E-state index contributed by atoms with van der Waals surface area (Å²) in [6, 6.07) is 0. The van der Waals surface area contributed by atoms with Gasteiger partial charge in [0.1, 0.15) is 6.17 Å². The molecule has 0 aromatic heterocycles. The molecule has 0 saturated carbocycles. The first-order chi connectivity index (χ1) is 6.16. The predicted molar refractivity (Wildman–Crippen MR) is 55.5 cm³/mol. The van der Waals surface area contributed by atoms with Gasteiger partial charge in [-0.3, -0.25) is 0 Å². The number of rotatable bonds is 2. The van der Waals surface area contributed by atoms with Crippen LogP contribution in [0.1, 0.15) is 52.4 Å². The molecule has 13 heavy (non-hydrogen) atoms. The lowest BCUT2D eigenvalue weighted by molar-refractivity contribution is 0.165. The number of alkyl halides is 1. The third-order valence-electron chi connectivity index (χ3n) is 3.04. The highest BCUT2D eigenvalue weighted by atomic mass is 19.1. The second-order valence-electron chi connectivity index (χ2n) is 4.61. The van der Waals surface area contributed by atoms with Crippen LogP contribution in [0.4, 0.5) is 4.39 Å². The Morgan fingerprint density at radius 2 is 2.23 bits per heavy atom. The van der Waals surface area contributed by atoms with E-state index in [9.17, 15) is 4.39 Å². The van der Waals surface area contributed by atoms with Crippen molar-refractivity contribution in [3.05, 3.63) is 12.2 Å². The highest BCUT2D eigenvalue weighted by Gasteiger charge is 2.27. The van der Waals surface area contributed by atoms with E-state index >= 15 is 0 Å². The maximum atomic E-state index is 13.4. The molecule has 0 aromatic rings. The first-order valence-corrected chi connectivity index (χ1v) is 5.45. The Bertz CT molecular complexity index is 174. The van der Waals surface area contributed by atoms with Gasteiger partial charge < -0.3 is 0 Å². The van der Waals surface area contributed by atoms with Gasteiger partial charge in [0.25, 0.3) is 0 Å². The van der Waals surface area contributed by atoms with Crippen molar-refractivity contribution in [3.8, 4) is 0 Å². The van der Waals surface area contributed by atoms with E-state index in [-0.39, 0.29) is 5.41 Å². The van der Waals surface area contributed by atoms with Crippen molar-refractivity contribution >= 4 is 0 Å². The molecule has 0 nitrogen and oxygen atoms in total. The van der Waals surface area contributed by atoms with Crippen molar-refractivity contribution in [2.24, 2.45) is 5.41 Å². The lowest BCUT2D eigenvalue weighted by atomic mass is 9.75. The Labute approximate surface area is 81.2 Å². The summed E-state index contributed by atoms with van der Waals surface area (Å²) in [4.78, 5) is 0. The van der Waals surface area contributed by atoms with Gasteiger partial charge in [0.2, 0.25) is 0 Å². The standard InChI is InChI=1S/C12H21F/c1-3-8-12(2)9-6-4-5-7-11(13)10-12/h4-5,11H,3,6-10H2,1-2H3/b5-4+/t11-,12+/m0/s1. The molecule has 1 rings (SSSR count). The van der Waals surface area contributed by atoms with Crippen LogP contribution in [0.25, 0.3) is 0 Å². The van der Waals surface area contributed by atoms with E-state index in [4.69, 9.17) is 0 Å². The highest BCUT2D eigenvalue weighted by molar-refractivity contribution is 4.92. The van der Waals surface area contributed by atoms with Crippen molar-refractivity contribution < 1.29 is 4.39 Å². The highest BCUT2D eigenvalue weighted by Crippen LogP contribution is 2.37. The van der Waals surface area contributed by atoms with E-state index in [2.05, 4.69) is 19.9 Å². The molecule has 2 atom stereocenters. The molecule has 76 valence electrons. The zero-order valence-corrected chi connectivity index (χ0v) is 8.85. The average Bonchev–Trinajstić information content (AvgIpc) is 2.01. The quantitative estimate of drug-likeness (QED) is 0.562. The smallest absolute Gasteiger partial charge is 0.104 e. The van der Waals surface area contributed by atoms with E-state index in [1.165, 1.54) is 12.8 Å². The molecule has 0 N–H and O–H groups in total. The van der Waals surface area contributed by atoms with E-state index in [1.54, 1.807) is 0 Å². The van der Waals surface area contributed by atoms with Crippen LogP contribution in [-0.2, 0) is 0 Å². The van der Waals surface area contributed by atoms with Crippen LogP contribution in [0.2, 0.25) is 0 Å². The topological polar surface area (TPSA) is 0 Å². The summed E-state index contributed by atoms with van der Waals surface area (Å²) < 4.78 is 13.4. The SMILES string of the molecule is CCC[C@]1(C)CC/C=C/C[C@H](F)C1. The van der Waals surface area contributed by atoms with Gasteiger partial charge in [-0.05, 0) is 37.5 Å². The van der Waals surface area contributed by atoms with E-state index < -0.39 is 6.17 Å². The molecule has 0 heterocycles. The minimum atomic E-state index is -0.618. The van der Waals surface area contributed by atoms with Gasteiger partial charge in [0.15, 0.2) is 0 Å². The molecule has 0 bridgehead atoms. The fraction of sp³-hybridized carbons (Fsp3) is 0.833. The van der Waals surface area contributed by atoms with Gasteiger partial charge in [-0.1, -0.05) is 32.4 Å². The van der Waals surface area contributed by atoms with Crippen LogP contribution in [0.3, 0.4) is 0 Å². The molecule has 0 aliphatic heterocycles. The van der Waals surface area contributed by atoms with Crippen LogP contribution < -0.4 is 0 Å². The lowest BCUT2D eigenvalue weighted by Gasteiger charge is -2.31. The second-order valence-corrected chi connectivity index (χ2v) is 4.61. The van der Waals surface area contributed by atoms with E-state index in [1.807, 2.05) is 6.08 Å². The first kappa shape index (κ1) is 10.7. The number of allylic oxidation sites excluding steroid dienone is 2. The monoisotopic (exact) mass is 184 g/mol. The van der Waals surface area contributed by atoms with E-state index in [0.717, 1.165) is 19.3 Å². The Kier molecular flexibility index (Phi) is 3.95. The summed E-state index contributed by atoms with van der Waals surface area (Å²) in [5, 5.41) is 0. The zero-order valence-electron chi connectivity index (χ0n) is 8.85. The molecule has 0 unspecified atom stereocenters. The van der Waals surface area contributed by atoms with Gasteiger partial charge in [-0.25, -0.2) is 4.39 Å². The van der Waals surface area contributed by atoms with Crippen LogP contribution in [0, 0.1) is 5.41 Å². The van der Waals surface area contributed by atoms with Crippen LogP contribution in [-0.4, -0.2) is 6.17 Å². The number of halogens is 1. The fourth-order valence-corrected chi connectivity index (χ4v) is 2.34. The minimum Gasteiger partial charge on any atom is -0.247 e. The predicted octanol–water partition coefficient (Wildman–Crippen LogP) is 4.26. The fourth-order valence-electron chi connectivity index (χ4n) is 2.34. The summed E-state index contributed by atoms with van der Waals surface area (Å²) in [6.07, 6.45) is 9.52. The minimum absolute atomic E-state index is 0.249. The second kappa shape index (κ2) is 4.78. The van der Waals surface area contributed by atoms with Crippen molar-refractivity contribution in [1.82, 2.24) is 0 Å². The molecular weight excluding hydrogens is 163 g/mol. The Morgan fingerprint density at radius 3 is 2.92 bits per heavy atom.